The van der Waals surface area contributed by atoms with Crippen molar-refractivity contribution in [3.05, 3.63) is 40.0 Å². The van der Waals surface area contributed by atoms with Gasteiger partial charge in [-0.05, 0) is 32.6 Å². The molecule has 0 atom stereocenters. The van der Waals surface area contributed by atoms with E-state index in [1.807, 2.05) is 0 Å². The average molecular weight is 393 g/mol. The number of fused-ring (bicyclic) bond motifs is 1. The number of nitrogens with zero attached hydrogens (tertiary/aromatic N) is 3. The van der Waals surface area contributed by atoms with Crippen molar-refractivity contribution in [2.24, 2.45) is 5.73 Å². The number of nitrogens with two attached hydrogens (primary N) is 1. The van der Waals surface area contributed by atoms with Gasteiger partial charge in [-0.3, -0.25) is 0 Å². The van der Waals surface area contributed by atoms with Crippen LogP contribution in [-0.2, 0) is 9.47 Å². The molecule has 9 heteroatoms. The number of carbonyl (C=O) groups is 1. The molecular weight excluding hydrogens is 372 g/mol. The van der Waals surface area contributed by atoms with Crippen LogP contribution in [0, 0.1) is 0 Å². The molecule has 1 saturated heterocycles. The molecule has 2 aliphatic heterocycles. The van der Waals surface area contributed by atoms with Crippen LogP contribution in [-0.4, -0.2) is 40.8 Å². The average Bonchev–Trinajstić information content (AvgIpc) is 3.32. The van der Waals surface area contributed by atoms with E-state index in [4.69, 9.17) is 31.3 Å². The number of likely N-dealkylation sites (tertiary alicyclic amines) is 1. The van der Waals surface area contributed by atoms with E-state index in [-0.39, 0.29) is 12.0 Å². The van der Waals surface area contributed by atoms with Crippen LogP contribution in [0.5, 0.6) is 0 Å². The molecule has 3 aliphatic rings. The molecule has 144 valence electrons. The maximum atomic E-state index is 11.8. The summed E-state index contributed by atoms with van der Waals surface area (Å²) in [5.41, 5.74) is 8.33. The second-order valence-corrected chi connectivity index (χ2v) is 7.11. The summed E-state index contributed by atoms with van der Waals surface area (Å²) in [5.74, 6) is 1.95. The number of rotatable bonds is 3. The Hall–Kier alpha value is -2.48. The number of hydrogen-bond acceptors (Lipinski definition) is 7. The lowest BCUT2D eigenvalue weighted by Crippen LogP contribution is -2.38. The lowest BCUT2D eigenvalue weighted by Gasteiger charge is -2.29. The Morgan fingerprint density at radius 1 is 1.37 bits per heavy atom. The number of carbonyl (C=O) groups excluding carboxylic acids is 1. The van der Waals surface area contributed by atoms with Crippen LogP contribution >= 0.6 is 11.6 Å². The fourth-order valence-corrected chi connectivity index (χ4v) is 3.80. The highest BCUT2D eigenvalue weighted by Crippen LogP contribution is 2.43. The van der Waals surface area contributed by atoms with Crippen molar-refractivity contribution in [1.82, 2.24) is 15.0 Å². The molecule has 0 aromatic carbocycles. The second-order valence-electron chi connectivity index (χ2n) is 6.70. The van der Waals surface area contributed by atoms with E-state index in [0.29, 0.717) is 54.3 Å². The van der Waals surface area contributed by atoms with Crippen molar-refractivity contribution in [3.8, 4) is 0 Å². The highest BCUT2D eigenvalue weighted by atomic mass is 35.5. The summed E-state index contributed by atoms with van der Waals surface area (Å²) in [7, 11) is 0. The van der Waals surface area contributed by atoms with E-state index >= 15 is 0 Å². The van der Waals surface area contributed by atoms with Gasteiger partial charge in [0.05, 0.1) is 22.9 Å². The van der Waals surface area contributed by atoms with E-state index in [0.717, 1.165) is 30.4 Å². The Morgan fingerprint density at radius 3 is 2.85 bits per heavy atom. The molecule has 0 radical (unpaired) electrons. The Bertz CT molecular complexity index is 849. The predicted octanol–water partition coefficient (Wildman–Crippen LogP) is 3.23. The third-order valence-electron chi connectivity index (χ3n) is 5.12. The van der Waals surface area contributed by atoms with Crippen LogP contribution in [0.2, 0.25) is 0 Å². The summed E-state index contributed by atoms with van der Waals surface area (Å²) in [6.07, 6.45) is 4.17. The SMILES string of the molecule is CCOC(=O)N1CCC(c2noc(C3=C4OC=C(Cl)C(N)=C4CC3)n2)CC1. The van der Waals surface area contributed by atoms with Gasteiger partial charge in [0, 0.05) is 24.6 Å². The van der Waals surface area contributed by atoms with Gasteiger partial charge in [-0.1, -0.05) is 16.8 Å². The minimum absolute atomic E-state index is 0.155. The van der Waals surface area contributed by atoms with Gasteiger partial charge < -0.3 is 24.6 Å². The van der Waals surface area contributed by atoms with Crippen LogP contribution in [0.15, 0.2) is 32.8 Å². The Balaban J connectivity index is 1.47. The Labute approximate surface area is 161 Å². The molecule has 3 heterocycles. The van der Waals surface area contributed by atoms with Gasteiger partial charge in [-0.25, -0.2) is 4.79 Å². The molecule has 8 nitrogen and oxygen atoms in total. The molecule has 1 aromatic rings. The van der Waals surface area contributed by atoms with Crippen LogP contribution in [0.25, 0.3) is 5.57 Å². The van der Waals surface area contributed by atoms with Gasteiger partial charge in [-0.2, -0.15) is 4.98 Å². The molecule has 4 rings (SSSR count). The van der Waals surface area contributed by atoms with Crippen molar-refractivity contribution < 1.29 is 18.8 Å². The van der Waals surface area contributed by atoms with Crippen LogP contribution in [0.4, 0.5) is 4.79 Å². The third-order valence-corrected chi connectivity index (χ3v) is 5.41. The molecule has 1 aliphatic carbocycles. The lowest BCUT2D eigenvalue weighted by atomic mass is 9.96. The highest BCUT2D eigenvalue weighted by molar-refractivity contribution is 6.32. The zero-order valence-electron chi connectivity index (χ0n) is 15.0. The highest BCUT2D eigenvalue weighted by Gasteiger charge is 2.33. The first-order valence-electron chi connectivity index (χ1n) is 9.09. The van der Waals surface area contributed by atoms with E-state index < -0.39 is 0 Å². The van der Waals surface area contributed by atoms with Crippen molar-refractivity contribution in [2.75, 3.05) is 19.7 Å². The number of piperidine rings is 1. The van der Waals surface area contributed by atoms with E-state index in [1.54, 1.807) is 11.8 Å². The first-order valence-corrected chi connectivity index (χ1v) is 9.46. The molecule has 1 amide bonds. The van der Waals surface area contributed by atoms with E-state index in [1.165, 1.54) is 6.26 Å². The van der Waals surface area contributed by atoms with Gasteiger partial charge in [0.2, 0.25) is 0 Å². The number of hydrogen-bond donors (Lipinski definition) is 1. The van der Waals surface area contributed by atoms with Gasteiger partial charge in [0.15, 0.2) is 5.82 Å². The van der Waals surface area contributed by atoms with Gasteiger partial charge in [0.1, 0.15) is 12.0 Å². The molecule has 0 saturated carbocycles. The maximum absolute atomic E-state index is 11.8. The zero-order chi connectivity index (χ0) is 19.0. The number of halogens is 1. The number of allylic oxidation sites excluding steroid dienone is 3. The molecule has 27 heavy (non-hydrogen) atoms. The van der Waals surface area contributed by atoms with Crippen molar-refractivity contribution >= 4 is 23.3 Å². The van der Waals surface area contributed by atoms with Crippen molar-refractivity contribution in [2.45, 2.75) is 38.5 Å². The molecular formula is C18H21ClN4O4. The summed E-state index contributed by atoms with van der Waals surface area (Å²) in [6, 6.07) is 0. The van der Waals surface area contributed by atoms with Crippen LogP contribution < -0.4 is 5.73 Å². The fourth-order valence-electron chi connectivity index (χ4n) is 3.64. The predicted molar refractivity (Wildman–Crippen MR) is 97.3 cm³/mol. The normalized spacial score (nSPS) is 20.5. The Morgan fingerprint density at radius 2 is 2.11 bits per heavy atom. The monoisotopic (exact) mass is 392 g/mol. The first kappa shape index (κ1) is 17.9. The summed E-state index contributed by atoms with van der Waals surface area (Å²) < 4.78 is 16.2. The van der Waals surface area contributed by atoms with Gasteiger partial charge in [-0.15, -0.1) is 0 Å². The topological polar surface area (TPSA) is 104 Å². The van der Waals surface area contributed by atoms with Gasteiger partial charge >= 0.3 is 6.09 Å². The second kappa shape index (κ2) is 7.26. The molecule has 0 bridgehead atoms. The lowest BCUT2D eigenvalue weighted by molar-refractivity contribution is 0.0965. The molecule has 1 fully saturated rings. The minimum Gasteiger partial charge on any atom is -0.462 e. The minimum atomic E-state index is -0.263. The van der Waals surface area contributed by atoms with E-state index in [9.17, 15) is 4.79 Å². The summed E-state index contributed by atoms with van der Waals surface area (Å²) >= 11 is 6.03. The van der Waals surface area contributed by atoms with Crippen molar-refractivity contribution in [3.63, 3.8) is 0 Å². The quantitative estimate of drug-likeness (QED) is 0.841. The van der Waals surface area contributed by atoms with Crippen LogP contribution in [0.3, 0.4) is 0 Å². The molecule has 1 aromatic heterocycles. The molecule has 0 spiro atoms. The maximum Gasteiger partial charge on any atom is 0.409 e. The summed E-state index contributed by atoms with van der Waals surface area (Å²) in [5, 5.41) is 4.57. The number of aromatic nitrogens is 2. The standard InChI is InChI=1S/C18H21ClN4O4/c1-2-25-18(24)23-7-5-10(6-8-23)16-21-17(27-22-16)12-4-3-11-14(20)13(19)9-26-15(11)12/h9-10H,2-8,20H2,1H3. The summed E-state index contributed by atoms with van der Waals surface area (Å²) in [6.45, 7) is 3.43. The smallest absolute Gasteiger partial charge is 0.409 e. The number of ether oxygens (including phenoxy) is 2. The van der Waals surface area contributed by atoms with E-state index in [2.05, 4.69) is 10.1 Å². The number of amides is 1. The fraction of sp³-hybridized carbons (Fsp3) is 0.500. The third kappa shape index (κ3) is 3.29. The van der Waals surface area contributed by atoms with Crippen molar-refractivity contribution in [1.29, 1.82) is 0 Å². The van der Waals surface area contributed by atoms with Crippen LogP contribution in [0.1, 0.15) is 50.2 Å². The summed E-state index contributed by atoms with van der Waals surface area (Å²) in [4.78, 5) is 18.1. The zero-order valence-corrected chi connectivity index (χ0v) is 15.8. The first-order chi connectivity index (χ1) is 13.1. The largest absolute Gasteiger partial charge is 0.462 e. The Kier molecular flexibility index (Phi) is 4.82. The molecule has 2 N–H and O–H groups in total. The molecule has 0 unspecified atom stereocenters. The van der Waals surface area contributed by atoms with Gasteiger partial charge in [0.25, 0.3) is 5.89 Å².